The number of likely N-dealkylation sites (tertiary alicyclic amines) is 1. The molecule has 1 amide bonds. The number of sulfonamides is 1. The summed E-state index contributed by atoms with van der Waals surface area (Å²) in [5.41, 5.74) is 0.168. The lowest BCUT2D eigenvalue weighted by Gasteiger charge is -2.27. The summed E-state index contributed by atoms with van der Waals surface area (Å²) < 4.78 is 26.9. The number of nitrogens with one attached hydrogen (secondary N) is 1. The van der Waals surface area contributed by atoms with Gasteiger partial charge in [-0.1, -0.05) is 17.7 Å². The van der Waals surface area contributed by atoms with Crippen molar-refractivity contribution in [1.29, 1.82) is 0 Å². The van der Waals surface area contributed by atoms with Crippen molar-refractivity contribution in [3.8, 4) is 0 Å². The van der Waals surface area contributed by atoms with Gasteiger partial charge >= 0.3 is 0 Å². The first kappa shape index (κ1) is 23.2. The maximum absolute atomic E-state index is 12.9. The first-order chi connectivity index (χ1) is 14.2. The summed E-state index contributed by atoms with van der Waals surface area (Å²) in [5.74, 6) is -0.370. The summed E-state index contributed by atoms with van der Waals surface area (Å²) >= 11 is 7.92. The number of carbonyl (C=O) groups is 1. The Morgan fingerprint density at radius 3 is 2.57 bits per heavy atom. The number of hydrogen-bond donors (Lipinski definition) is 1. The van der Waals surface area contributed by atoms with E-state index in [0.717, 1.165) is 25.9 Å². The van der Waals surface area contributed by atoms with Crippen LogP contribution in [-0.4, -0.2) is 56.3 Å². The molecule has 164 valence electrons. The highest BCUT2D eigenvalue weighted by atomic mass is 35.5. The number of hydrogen-bond acceptors (Lipinski definition) is 5. The molecule has 1 aliphatic heterocycles. The maximum Gasteiger partial charge on any atom is 0.252 e. The Hall–Kier alpha value is -1.45. The van der Waals surface area contributed by atoms with E-state index in [9.17, 15) is 13.2 Å². The fourth-order valence-corrected chi connectivity index (χ4v) is 5.97. The first-order valence-electron chi connectivity index (χ1n) is 10.0. The lowest BCUT2D eigenvalue weighted by molar-refractivity contribution is 0.0938. The van der Waals surface area contributed by atoms with Crippen molar-refractivity contribution in [2.45, 2.75) is 43.7 Å². The normalized spacial score (nSPS) is 16.3. The molecule has 1 aliphatic rings. The lowest BCUT2D eigenvalue weighted by Crippen LogP contribution is -2.36. The Morgan fingerprint density at radius 2 is 1.97 bits per heavy atom. The molecule has 0 aliphatic carbocycles. The van der Waals surface area contributed by atoms with Gasteiger partial charge in [0.2, 0.25) is 10.0 Å². The van der Waals surface area contributed by atoms with Crippen molar-refractivity contribution >= 4 is 38.9 Å². The Kier molecular flexibility index (Phi) is 7.57. The minimum Gasteiger partial charge on any atom is -0.350 e. The summed E-state index contributed by atoms with van der Waals surface area (Å²) in [6.07, 6.45) is 2.32. The van der Waals surface area contributed by atoms with Crippen LogP contribution < -0.4 is 5.32 Å². The second-order valence-electron chi connectivity index (χ2n) is 7.74. The van der Waals surface area contributed by atoms with Crippen LogP contribution in [0.2, 0.25) is 5.02 Å². The minimum absolute atomic E-state index is 0.0580. The van der Waals surface area contributed by atoms with Crippen molar-refractivity contribution in [3.63, 3.8) is 0 Å². The van der Waals surface area contributed by atoms with Gasteiger partial charge in [-0.3, -0.25) is 9.69 Å². The van der Waals surface area contributed by atoms with Crippen LogP contribution >= 0.6 is 22.9 Å². The molecule has 2 aromatic rings. The Bertz CT molecular complexity index is 971. The predicted molar refractivity (Wildman–Crippen MR) is 122 cm³/mol. The molecule has 0 radical (unpaired) electrons. The van der Waals surface area contributed by atoms with E-state index in [2.05, 4.69) is 16.3 Å². The Balaban J connectivity index is 1.79. The third-order valence-corrected chi connectivity index (χ3v) is 8.83. The smallest absolute Gasteiger partial charge is 0.252 e. The van der Waals surface area contributed by atoms with Gasteiger partial charge in [0.05, 0.1) is 21.5 Å². The third-order valence-electron chi connectivity index (χ3n) is 5.50. The van der Waals surface area contributed by atoms with Gasteiger partial charge in [-0.05, 0) is 69.4 Å². The van der Waals surface area contributed by atoms with Gasteiger partial charge in [-0.15, -0.1) is 11.3 Å². The summed E-state index contributed by atoms with van der Waals surface area (Å²) in [5, 5.41) is 5.24. The summed E-state index contributed by atoms with van der Waals surface area (Å²) in [7, 11) is -2.18. The monoisotopic (exact) mass is 469 g/mol. The van der Waals surface area contributed by atoms with Crippen molar-refractivity contribution < 1.29 is 13.2 Å². The highest BCUT2D eigenvalue weighted by molar-refractivity contribution is 7.89. The van der Waals surface area contributed by atoms with Gasteiger partial charge in [-0.25, -0.2) is 8.42 Å². The van der Waals surface area contributed by atoms with E-state index in [4.69, 9.17) is 11.6 Å². The summed E-state index contributed by atoms with van der Waals surface area (Å²) in [6.45, 7) is 6.05. The second-order valence-corrected chi connectivity index (χ2v) is 11.1. The van der Waals surface area contributed by atoms with Gasteiger partial charge in [0.15, 0.2) is 0 Å². The van der Waals surface area contributed by atoms with Crippen molar-refractivity contribution in [2.75, 3.05) is 26.7 Å². The average molecular weight is 470 g/mol. The molecular formula is C21H28ClN3O3S2. The number of thiophene rings is 1. The number of halogens is 1. The van der Waals surface area contributed by atoms with Gasteiger partial charge in [-0.2, -0.15) is 4.31 Å². The van der Waals surface area contributed by atoms with Crippen molar-refractivity contribution in [1.82, 2.24) is 14.5 Å². The van der Waals surface area contributed by atoms with Gasteiger partial charge in [0.25, 0.3) is 5.91 Å². The molecular weight excluding hydrogens is 442 g/mol. The standard InChI is InChI=1S/C21H28ClN3O3S2/c1-15(2)24(3)30(27,28)16-8-9-18(22)17(13-16)21(26)23-14-19(20-7-6-12-29-20)25-10-4-5-11-25/h6-9,12-13,15,19H,4-5,10-11,14H2,1-3H3,(H,23,26). The summed E-state index contributed by atoms with van der Waals surface area (Å²) in [4.78, 5) is 16.6. The van der Waals surface area contributed by atoms with E-state index in [-0.39, 0.29) is 33.5 Å². The third kappa shape index (κ3) is 5.06. The fourth-order valence-electron chi connectivity index (χ4n) is 3.51. The molecule has 30 heavy (non-hydrogen) atoms. The van der Waals surface area contributed by atoms with Crippen LogP contribution in [0.5, 0.6) is 0 Å². The van der Waals surface area contributed by atoms with Crippen LogP contribution in [0.1, 0.15) is 48.0 Å². The number of amides is 1. The second kappa shape index (κ2) is 9.78. The zero-order valence-electron chi connectivity index (χ0n) is 17.5. The highest BCUT2D eigenvalue weighted by Gasteiger charge is 2.27. The number of carbonyl (C=O) groups excluding carboxylic acids is 1. The van der Waals surface area contributed by atoms with E-state index >= 15 is 0 Å². The van der Waals surface area contributed by atoms with E-state index in [1.807, 2.05) is 11.4 Å². The van der Waals surface area contributed by atoms with E-state index in [1.165, 1.54) is 34.4 Å². The van der Waals surface area contributed by atoms with Gasteiger partial charge in [0, 0.05) is 24.5 Å². The molecule has 0 saturated carbocycles. The fraction of sp³-hybridized carbons (Fsp3) is 0.476. The molecule has 1 saturated heterocycles. The molecule has 9 heteroatoms. The number of rotatable bonds is 8. The molecule has 1 atom stereocenters. The van der Waals surface area contributed by atoms with Crippen LogP contribution in [0.15, 0.2) is 40.6 Å². The molecule has 1 unspecified atom stereocenters. The molecule has 1 fully saturated rings. The molecule has 2 heterocycles. The number of benzene rings is 1. The van der Waals surface area contributed by atoms with E-state index < -0.39 is 10.0 Å². The van der Waals surface area contributed by atoms with E-state index in [1.54, 1.807) is 25.2 Å². The van der Waals surface area contributed by atoms with Crippen molar-refractivity contribution in [3.05, 3.63) is 51.2 Å². The molecule has 6 nitrogen and oxygen atoms in total. The largest absolute Gasteiger partial charge is 0.350 e. The minimum atomic E-state index is -3.70. The van der Waals surface area contributed by atoms with Crippen LogP contribution in [0.4, 0.5) is 0 Å². The molecule has 0 spiro atoms. The lowest BCUT2D eigenvalue weighted by atomic mass is 10.1. The van der Waals surface area contributed by atoms with Crippen LogP contribution in [0, 0.1) is 0 Å². The SMILES string of the molecule is CC(C)N(C)S(=O)(=O)c1ccc(Cl)c(C(=O)NCC(c2cccs2)N2CCCC2)c1. The van der Waals surface area contributed by atoms with Gasteiger partial charge < -0.3 is 5.32 Å². The highest BCUT2D eigenvalue weighted by Crippen LogP contribution is 2.28. The van der Waals surface area contributed by atoms with Gasteiger partial charge in [0.1, 0.15) is 0 Å². The first-order valence-corrected chi connectivity index (χ1v) is 12.7. The molecule has 3 rings (SSSR count). The molecule has 1 aromatic heterocycles. The van der Waals surface area contributed by atoms with E-state index in [0.29, 0.717) is 6.54 Å². The summed E-state index contributed by atoms with van der Waals surface area (Å²) in [6, 6.07) is 8.27. The molecule has 1 N–H and O–H groups in total. The Morgan fingerprint density at radius 1 is 1.27 bits per heavy atom. The maximum atomic E-state index is 12.9. The topological polar surface area (TPSA) is 69.7 Å². The predicted octanol–water partition coefficient (Wildman–Crippen LogP) is 4.00. The van der Waals surface area contributed by atoms with Crippen LogP contribution in [0.3, 0.4) is 0 Å². The molecule has 0 bridgehead atoms. The number of nitrogens with zero attached hydrogens (tertiary/aromatic N) is 2. The average Bonchev–Trinajstić information content (AvgIpc) is 3.42. The Labute approximate surface area is 187 Å². The zero-order chi connectivity index (χ0) is 21.9. The van der Waals surface area contributed by atoms with Crippen LogP contribution in [-0.2, 0) is 10.0 Å². The van der Waals surface area contributed by atoms with Crippen LogP contribution in [0.25, 0.3) is 0 Å². The quantitative estimate of drug-likeness (QED) is 0.634. The zero-order valence-corrected chi connectivity index (χ0v) is 19.9. The molecule has 1 aromatic carbocycles. The van der Waals surface area contributed by atoms with Crippen molar-refractivity contribution in [2.24, 2.45) is 0 Å².